The summed E-state index contributed by atoms with van der Waals surface area (Å²) in [5.74, 6) is 0.702. The van der Waals surface area contributed by atoms with E-state index in [1.54, 1.807) is 0 Å². The lowest BCUT2D eigenvalue weighted by atomic mass is 9.77. The largest absolute Gasteiger partial charge is 0.354 e. The Labute approximate surface area is 108 Å². The number of nitrogens with one attached hydrogen (secondary N) is 2. The van der Waals surface area contributed by atoms with E-state index in [0.717, 1.165) is 32.4 Å². The molecule has 1 aliphatic carbocycles. The zero-order valence-electron chi connectivity index (χ0n) is 10.6. The number of hydrogen-bond donors (Lipinski definition) is 2. The fourth-order valence-corrected chi connectivity index (χ4v) is 2.97. The molecule has 0 spiro atoms. The minimum atomic E-state index is 0.0362. The Morgan fingerprint density at radius 1 is 1.33 bits per heavy atom. The third-order valence-electron chi connectivity index (χ3n) is 4.11. The SMILES string of the molecule is O=C(NCC1Cc2ccccc21)[C@H]1CCCCN1. The quantitative estimate of drug-likeness (QED) is 0.847. The number of rotatable bonds is 3. The molecule has 0 radical (unpaired) electrons. The van der Waals surface area contributed by atoms with E-state index < -0.39 is 0 Å². The van der Waals surface area contributed by atoms with Gasteiger partial charge in [0.1, 0.15) is 0 Å². The number of benzene rings is 1. The number of piperidine rings is 1. The lowest BCUT2D eigenvalue weighted by molar-refractivity contribution is -0.123. The summed E-state index contributed by atoms with van der Waals surface area (Å²) in [5, 5.41) is 6.38. The van der Waals surface area contributed by atoms with Crippen molar-refractivity contribution >= 4 is 5.91 Å². The molecule has 1 amide bonds. The molecule has 1 aliphatic heterocycles. The molecule has 96 valence electrons. The van der Waals surface area contributed by atoms with Gasteiger partial charge in [0.15, 0.2) is 0 Å². The van der Waals surface area contributed by atoms with Crippen molar-refractivity contribution in [3.05, 3.63) is 35.4 Å². The van der Waals surface area contributed by atoms with Gasteiger partial charge >= 0.3 is 0 Å². The topological polar surface area (TPSA) is 41.1 Å². The van der Waals surface area contributed by atoms with E-state index in [4.69, 9.17) is 0 Å². The molecule has 3 rings (SSSR count). The van der Waals surface area contributed by atoms with Crippen LogP contribution in [0, 0.1) is 0 Å². The first-order valence-electron chi connectivity index (χ1n) is 6.93. The van der Waals surface area contributed by atoms with Crippen LogP contribution in [0.4, 0.5) is 0 Å². The summed E-state index contributed by atoms with van der Waals surface area (Å²) in [6.45, 7) is 1.76. The third kappa shape index (κ3) is 2.27. The van der Waals surface area contributed by atoms with Crippen molar-refractivity contribution in [2.75, 3.05) is 13.1 Å². The minimum Gasteiger partial charge on any atom is -0.354 e. The first-order chi connectivity index (χ1) is 8.84. The van der Waals surface area contributed by atoms with E-state index in [2.05, 4.69) is 34.9 Å². The van der Waals surface area contributed by atoms with Crippen molar-refractivity contribution < 1.29 is 4.79 Å². The van der Waals surface area contributed by atoms with Gasteiger partial charge in [0.05, 0.1) is 6.04 Å². The Morgan fingerprint density at radius 3 is 3.00 bits per heavy atom. The second-order valence-corrected chi connectivity index (χ2v) is 5.35. The zero-order chi connectivity index (χ0) is 12.4. The molecule has 3 heteroatoms. The fraction of sp³-hybridized carbons (Fsp3) is 0.533. The van der Waals surface area contributed by atoms with Crippen LogP contribution in [-0.4, -0.2) is 25.0 Å². The highest BCUT2D eigenvalue weighted by Gasteiger charge is 2.27. The molecular weight excluding hydrogens is 224 g/mol. The molecule has 0 saturated carbocycles. The number of fused-ring (bicyclic) bond motifs is 1. The Balaban J connectivity index is 1.49. The lowest BCUT2D eigenvalue weighted by Crippen LogP contribution is -2.48. The average Bonchev–Trinajstić information content (AvgIpc) is 2.40. The predicted octanol–water partition coefficient (Wildman–Crippen LogP) is 1.58. The molecule has 2 N–H and O–H groups in total. The van der Waals surface area contributed by atoms with E-state index in [9.17, 15) is 4.79 Å². The van der Waals surface area contributed by atoms with Gasteiger partial charge in [0.2, 0.25) is 5.91 Å². The molecule has 1 unspecified atom stereocenters. The van der Waals surface area contributed by atoms with E-state index in [-0.39, 0.29) is 11.9 Å². The lowest BCUT2D eigenvalue weighted by Gasteiger charge is -2.31. The number of carbonyl (C=O) groups is 1. The summed E-state index contributed by atoms with van der Waals surface area (Å²) in [5.41, 5.74) is 2.85. The first kappa shape index (κ1) is 11.7. The second kappa shape index (κ2) is 5.11. The Hall–Kier alpha value is -1.35. The summed E-state index contributed by atoms with van der Waals surface area (Å²) in [7, 11) is 0. The number of hydrogen-bond acceptors (Lipinski definition) is 2. The van der Waals surface area contributed by atoms with Gasteiger partial charge in [-0.2, -0.15) is 0 Å². The zero-order valence-corrected chi connectivity index (χ0v) is 10.6. The standard InChI is InChI=1S/C15H20N2O/c18-15(14-7-3-4-8-16-14)17-10-12-9-11-5-1-2-6-13(11)12/h1-2,5-6,12,14,16H,3-4,7-10H2,(H,17,18)/t12?,14-/m1/s1. The molecule has 18 heavy (non-hydrogen) atoms. The maximum absolute atomic E-state index is 12.0. The van der Waals surface area contributed by atoms with Crippen LogP contribution in [0.5, 0.6) is 0 Å². The molecule has 1 saturated heterocycles. The molecule has 1 aromatic carbocycles. The number of carbonyl (C=O) groups excluding carboxylic acids is 1. The van der Waals surface area contributed by atoms with Crippen molar-refractivity contribution in [1.29, 1.82) is 0 Å². The molecule has 2 aliphatic rings. The van der Waals surface area contributed by atoms with Crippen LogP contribution in [0.2, 0.25) is 0 Å². The van der Waals surface area contributed by atoms with Crippen LogP contribution in [0.25, 0.3) is 0 Å². The summed E-state index contributed by atoms with van der Waals surface area (Å²) < 4.78 is 0. The van der Waals surface area contributed by atoms with Gasteiger partial charge in [-0.15, -0.1) is 0 Å². The van der Waals surface area contributed by atoms with Crippen molar-refractivity contribution in [3.8, 4) is 0 Å². The molecule has 2 atom stereocenters. The van der Waals surface area contributed by atoms with Crippen molar-refractivity contribution in [2.24, 2.45) is 0 Å². The van der Waals surface area contributed by atoms with Crippen LogP contribution in [0.15, 0.2) is 24.3 Å². The highest BCUT2D eigenvalue weighted by Crippen LogP contribution is 2.33. The summed E-state index contributed by atoms with van der Waals surface area (Å²) in [4.78, 5) is 12.0. The normalized spacial score (nSPS) is 26.0. The average molecular weight is 244 g/mol. The Morgan fingerprint density at radius 2 is 2.22 bits per heavy atom. The van der Waals surface area contributed by atoms with Gasteiger partial charge in [0.25, 0.3) is 0 Å². The maximum atomic E-state index is 12.0. The second-order valence-electron chi connectivity index (χ2n) is 5.35. The first-order valence-corrected chi connectivity index (χ1v) is 6.93. The summed E-state index contributed by atoms with van der Waals surface area (Å²) >= 11 is 0. The minimum absolute atomic E-state index is 0.0362. The molecule has 0 aromatic heterocycles. The third-order valence-corrected chi connectivity index (χ3v) is 4.11. The smallest absolute Gasteiger partial charge is 0.237 e. The molecule has 1 fully saturated rings. The molecule has 0 bridgehead atoms. The Kier molecular flexibility index (Phi) is 3.33. The van der Waals surface area contributed by atoms with E-state index in [1.807, 2.05) is 0 Å². The highest BCUT2D eigenvalue weighted by atomic mass is 16.2. The summed E-state index contributed by atoms with van der Waals surface area (Å²) in [6, 6.07) is 8.55. The van der Waals surface area contributed by atoms with Crippen LogP contribution < -0.4 is 10.6 Å². The van der Waals surface area contributed by atoms with Gasteiger partial charge in [0, 0.05) is 12.5 Å². The van der Waals surface area contributed by atoms with Crippen molar-refractivity contribution in [1.82, 2.24) is 10.6 Å². The molecular formula is C15H20N2O. The highest BCUT2D eigenvalue weighted by molar-refractivity contribution is 5.81. The van der Waals surface area contributed by atoms with Crippen LogP contribution in [0.3, 0.4) is 0 Å². The molecule has 1 heterocycles. The van der Waals surface area contributed by atoms with Crippen LogP contribution in [-0.2, 0) is 11.2 Å². The van der Waals surface area contributed by atoms with Crippen molar-refractivity contribution in [3.63, 3.8) is 0 Å². The molecule has 3 nitrogen and oxygen atoms in total. The fourth-order valence-electron chi connectivity index (χ4n) is 2.97. The number of amides is 1. The Bertz CT molecular complexity index is 438. The maximum Gasteiger partial charge on any atom is 0.237 e. The van der Waals surface area contributed by atoms with Gasteiger partial charge in [-0.3, -0.25) is 4.79 Å². The van der Waals surface area contributed by atoms with E-state index in [0.29, 0.717) is 5.92 Å². The van der Waals surface area contributed by atoms with Gasteiger partial charge in [-0.1, -0.05) is 30.7 Å². The van der Waals surface area contributed by atoms with E-state index >= 15 is 0 Å². The summed E-state index contributed by atoms with van der Waals surface area (Å²) in [6.07, 6.45) is 4.44. The van der Waals surface area contributed by atoms with Gasteiger partial charge in [-0.25, -0.2) is 0 Å². The molecule has 1 aromatic rings. The monoisotopic (exact) mass is 244 g/mol. The van der Waals surface area contributed by atoms with Gasteiger partial charge in [-0.05, 0) is 36.9 Å². The van der Waals surface area contributed by atoms with Crippen molar-refractivity contribution in [2.45, 2.75) is 37.6 Å². The van der Waals surface area contributed by atoms with Crippen LogP contribution in [0.1, 0.15) is 36.3 Å². The van der Waals surface area contributed by atoms with Crippen LogP contribution >= 0.6 is 0 Å². The predicted molar refractivity (Wildman–Crippen MR) is 71.5 cm³/mol. The van der Waals surface area contributed by atoms with Gasteiger partial charge < -0.3 is 10.6 Å². The van der Waals surface area contributed by atoms with E-state index in [1.165, 1.54) is 17.5 Å².